The number of ether oxygens (including phenoxy) is 2. The average Bonchev–Trinajstić information content (AvgIpc) is 2.82. The van der Waals surface area contributed by atoms with Gasteiger partial charge in [0.15, 0.2) is 6.29 Å². The van der Waals surface area contributed by atoms with Crippen LogP contribution in [0.1, 0.15) is 26.0 Å². The molecule has 0 aliphatic rings. The van der Waals surface area contributed by atoms with Gasteiger partial charge in [0.1, 0.15) is 17.5 Å². The fraction of sp³-hybridized carbons (Fsp3) is 0.615. The molecule has 2 rings (SSSR count). The zero-order valence-corrected chi connectivity index (χ0v) is 12.0. The molecule has 1 N–H and O–H groups in total. The number of nitrogens with zero attached hydrogens (tertiary/aromatic N) is 3. The Morgan fingerprint density at radius 1 is 1.25 bits per heavy atom. The normalized spacial score (nSPS) is 11.4. The van der Waals surface area contributed by atoms with Gasteiger partial charge < -0.3 is 19.3 Å². The van der Waals surface area contributed by atoms with E-state index in [1.807, 2.05) is 20.8 Å². The van der Waals surface area contributed by atoms with Gasteiger partial charge in [0.25, 0.3) is 5.71 Å². The van der Waals surface area contributed by atoms with Crippen molar-refractivity contribution in [2.45, 2.75) is 33.5 Å². The summed E-state index contributed by atoms with van der Waals surface area (Å²) in [5, 5.41) is 7.96. The highest BCUT2D eigenvalue weighted by Crippen LogP contribution is 2.22. The maximum Gasteiger partial charge on any atom is 0.263 e. The van der Waals surface area contributed by atoms with E-state index in [2.05, 4.69) is 20.4 Å². The van der Waals surface area contributed by atoms with E-state index in [0.717, 1.165) is 23.3 Å². The Morgan fingerprint density at radius 3 is 2.70 bits per heavy atom. The minimum Gasteiger partial charge on any atom is -0.369 e. The molecule has 2 heterocycles. The van der Waals surface area contributed by atoms with Crippen LogP contribution in [-0.2, 0) is 9.47 Å². The number of aromatic nitrogens is 3. The average molecular weight is 280 g/mol. The van der Waals surface area contributed by atoms with E-state index in [9.17, 15) is 0 Å². The Morgan fingerprint density at radius 2 is 2.00 bits per heavy atom. The Bertz CT molecular complexity index is 537. The summed E-state index contributed by atoms with van der Waals surface area (Å²) in [7, 11) is 0. The van der Waals surface area contributed by atoms with Crippen molar-refractivity contribution < 1.29 is 14.0 Å². The molecule has 0 aromatic carbocycles. The van der Waals surface area contributed by atoms with Crippen LogP contribution in [0.5, 0.6) is 0 Å². The third-order valence-electron chi connectivity index (χ3n) is 2.82. The first-order valence-electron chi connectivity index (χ1n) is 6.80. The Labute approximate surface area is 117 Å². The second-order valence-corrected chi connectivity index (χ2v) is 4.23. The van der Waals surface area contributed by atoms with Crippen LogP contribution in [0, 0.1) is 6.92 Å². The molecule has 2 aromatic heterocycles. The Hall–Kier alpha value is -1.73. The van der Waals surface area contributed by atoms with Gasteiger partial charge in [0, 0.05) is 26.2 Å². The fourth-order valence-corrected chi connectivity index (χ4v) is 1.95. The highest BCUT2D eigenvalue weighted by molar-refractivity contribution is 5.87. The van der Waals surface area contributed by atoms with Crippen LogP contribution in [0.15, 0.2) is 10.9 Å². The molecule has 0 amide bonds. The van der Waals surface area contributed by atoms with E-state index >= 15 is 0 Å². The summed E-state index contributed by atoms with van der Waals surface area (Å²) in [6.07, 6.45) is 1.99. The van der Waals surface area contributed by atoms with Crippen molar-refractivity contribution in [3.63, 3.8) is 0 Å². The van der Waals surface area contributed by atoms with Gasteiger partial charge in [-0.05, 0) is 20.8 Å². The largest absolute Gasteiger partial charge is 0.369 e. The van der Waals surface area contributed by atoms with Crippen LogP contribution in [-0.4, -0.2) is 41.2 Å². The van der Waals surface area contributed by atoms with Crippen LogP contribution >= 0.6 is 0 Å². The molecule has 0 spiro atoms. The summed E-state index contributed by atoms with van der Waals surface area (Å²) in [5.41, 5.74) is 1.26. The molecule has 0 radical (unpaired) electrons. The summed E-state index contributed by atoms with van der Waals surface area (Å²) >= 11 is 0. The minimum absolute atomic E-state index is 0.196. The second-order valence-electron chi connectivity index (χ2n) is 4.23. The quantitative estimate of drug-likeness (QED) is 0.741. The van der Waals surface area contributed by atoms with E-state index in [4.69, 9.17) is 14.0 Å². The third kappa shape index (κ3) is 3.43. The zero-order valence-electron chi connectivity index (χ0n) is 12.0. The van der Waals surface area contributed by atoms with Crippen molar-refractivity contribution in [1.82, 2.24) is 15.1 Å². The molecule has 7 heteroatoms. The van der Waals surface area contributed by atoms with Gasteiger partial charge in [-0.2, -0.15) is 4.98 Å². The van der Waals surface area contributed by atoms with Crippen molar-refractivity contribution >= 4 is 16.9 Å². The second kappa shape index (κ2) is 7.16. The van der Waals surface area contributed by atoms with Gasteiger partial charge in [0.05, 0.1) is 5.69 Å². The first-order valence-corrected chi connectivity index (χ1v) is 6.80. The molecular formula is C13H20N4O3. The molecule has 7 nitrogen and oxygen atoms in total. The predicted octanol–water partition coefficient (Wildman–Crippen LogP) is 2.13. The van der Waals surface area contributed by atoms with Crippen LogP contribution < -0.4 is 5.32 Å². The van der Waals surface area contributed by atoms with Gasteiger partial charge in [-0.1, -0.05) is 5.16 Å². The maximum atomic E-state index is 5.49. The fourth-order valence-electron chi connectivity index (χ4n) is 1.95. The van der Waals surface area contributed by atoms with Gasteiger partial charge in [-0.25, -0.2) is 4.98 Å². The molecule has 0 bridgehead atoms. The summed E-state index contributed by atoms with van der Waals surface area (Å²) in [6.45, 7) is 7.72. The molecule has 110 valence electrons. The van der Waals surface area contributed by atoms with Crippen molar-refractivity contribution in [3.8, 4) is 0 Å². The topological polar surface area (TPSA) is 82.3 Å². The predicted molar refractivity (Wildman–Crippen MR) is 74.5 cm³/mol. The van der Waals surface area contributed by atoms with Crippen LogP contribution in [0.3, 0.4) is 0 Å². The Balaban J connectivity index is 1.97. The number of fused-ring (bicyclic) bond motifs is 1. The van der Waals surface area contributed by atoms with E-state index < -0.39 is 0 Å². The molecule has 0 saturated carbocycles. The van der Waals surface area contributed by atoms with Crippen LogP contribution in [0.2, 0.25) is 0 Å². The number of rotatable bonds is 8. The SMILES string of the molecule is CCOC(CCNc1ncnc2onc(C)c12)OCC. The molecular weight excluding hydrogens is 260 g/mol. The van der Waals surface area contributed by atoms with E-state index in [-0.39, 0.29) is 6.29 Å². The lowest BCUT2D eigenvalue weighted by atomic mass is 10.3. The molecule has 0 unspecified atom stereocenters. The zero-order chi connectivity index (χ0) is 14.4. The highest BCUT2D eigenvalue weighted by atomic mass is 16.7. The van der Waals surface area contributed by atoms with Gasteiger partial charge in [-0.15, -0.1) is 0 Å². The smallest absolute Gasteiger partial charge is 0.263 e. The third-order valence-corrected chi connectivity index (χ3v) is 2.82. The van der Waals surface area contributed by atoms with Crippen molar-refractivity contribution in [3.05, 3.63) is 12.0 Å². The van der Waals surface area contributed by atoms with Gasteiger partial charge >= 0.3 is 0 Å². The molecule has 0 fully saturated rings. The van der Waals surface area contributed by atoms with Crippen molar-refractivity contribution in [2.24, 2.45) is 0 Å². The summed E-state index contributed by atoms with van der Waals surface area (Å²) < 4.78 is 16.1. The first kappa shape index (κ1) is 14.7. The lowest BCUT2D eigenvalue weighted by Crippen LogP contribution is -2.21. The molecule has 0 saturated heterocycles. The number of anilines is 1. The van der Waals surface area contributed by atoms with Crippen molar-refractivity contribution in [2.75, 3.05) is 25.1 Å². The molecule has 0 aliphatic heterocycles. The van der Waals surface area contributed by atoms with Crippen LogP contribution in [0.25, 0.3) is 11.1 Å². The summed E-state index contributed by atoms with van der Waals surface area (Å²) in [4.78, 5) is 8.26. The van der Waals surface area contributed by atoms with Gasteiger partial charge in [0.2, 0.25) is 0 Å². The summed E-state index contributed by atoms with van der Waals surface area (Å²) in [5.74, 6) is 0.723. The van der Waals surface area contributed by atoms with Crippen molar-refractivity contribution in [1.29, 1.82) is 0 Å². The van der Waals surface area contributed by atoms with E-state index in [1.54, 1.807) is 0 Å². The lowest BCUT2D eigenvalue weighted by molar-refractivity contribution is -0.137. The van der Waals surface area contributed by atoms with E-state index in [1.165, 1.54) is 6.33 Å². The monoisotopic (exact) mass is 280 g/mol. The van der Waals surface area contributed by atoms with E-state index in [0.29, 0.717) is 25.5 Å². The number of nitrogens with one attached hydrogen (secondary N) is 1. The standard InChI is InChI=1S/C13H20N4O3/c1-4-18-10(19-5-2)6-7-14-12-11-9(3)17-20-13(11)16-8-15-12/h8,10H,4-7H2,1-3H3,(H,14,15,16). The molecule has 2 aromatic rings. The summed E-state index contributed by atoms with van der Waals surface area (Å²) in [6, 6.07) is 0. The number of hydrogen-bond donors (Lipinski definition) is 1. The number of hydrogen-bond acceptors (Lipinski definition) is 7. The highest BCUT2D eigenvalue weighted by Gasteiger charge is 2.12. The molecule has 20 heavy (non-hydrogen) atoms. The minimum atomic E-state index is -0.196. The first-order chi connectivity index (χ1) is 9.76. The van der Waals surface area contributed by atoms with Gasteiger partial charge in [-0.3, -0.25) is 0 Å². The lowest BCUT2D eigenvalue weighted by Gasteiger charge is -2.17. The maximum absolute atomic E-state index is 5.49. The molecule has 0 atom stereocenters. The molecule has 0 aliphatic carbocycles. The Kier molecular flexibility index (Phi) is 5.25. The van der Waals surface area contributed by atoms with Crippen LogP contribution in [0.4, 0.5) is 5.82 Å². The number of aryl methyl sites for hydroxylation is 1.